The van der Waals surface area contributed by atoms with Gasteiger partial charge in [-0.1, -0.05) is 12.1 Å². The Kier molecular flexibility index (Phi) is 4.11. The minimum atomic E-state index is -0.900. The molecule has 5 nitrogen and oxygen atoms in total. The molecule has 0 bridgehead atoms. The van der Waals surface area contributed by atoms with Gasteiger partial charge in [-0.25, -0.2) is 4.79 Å². The summed E-state index contributed by atoms with van der Waals surface area (Å²) in [5, 5.41) is 10.5. The molecule has 2 aromatic rings. The molecule has 1 aromatic heterocycles. The highest BCUT2D eigenvalue weighted by atomic mass is 16.4. The molecule has 0 saturated carbocycles. The zero-order chi connectivity index (χ0) is 14.9. The summed E-state index contributed by atoms with van der Waals surface area (Å²) in [5.41, 5.74) is 15.4. The van der Waals surface area contributed by atoms with Crippen LogP contribution < -0.4 is 11.5 Å². The van der Waals surface area contributed by atoms with Crippen molar-refractivity contribution in [2.45, 2.75) is 26.8 Å². The van der Waals surface area contributed by atoms with E-state index in [0.29, 0.717) is 25.2 Å². The van der Waals surface area contributed by atoms with Gasteiger partial charge in [0.05, 0.1) is 11.1 Å². The van der Waals surface area contributed by atoms with Crippen LogP contribution in [0.15, 0.2) is 12.1 Å². The third-order valence-electron chi connectivity index (χ3n) is 3.78. The van der Waals surface area contributed by atoms with Crippen LogP contribution in [0.1, 0.15) is 27.2 Å². The zero-order valence-corrected chi connectivity index (χ0v) is 11.9. The van der Waals surface area contributed by atoms with Crippen molar-refractivity contribution < 1.29 is 9.90 Å². The highest BCUT2D eigenvalue weighted by Gasteiger charge is 2.20. The molecule has 0 aliphatic carbocycles. The van der Waals surface area contributed by atoms with Crippen LogP contribution in [0.5, 0.6) is 0 Å². The van der Waals surface area contributed by atoms with Crippen molar-refractivity contribution in [3.8, 4) is 0 Å². The lowest BCUT2D eigenvalue weighted by molar-refractivity contribution is 0.0698. The van der Waals surface area contributed by atoms with Gasteiger partial charge in [0, 0.05) is 24.2 Å². The average Bonchev–Trinajstić information content (AvgIpc) is 2.65. The lowest BCUT2D eigenvalue weighted by atomic mass is 10.0. The lowest BCUT2D eigenvalue weighted by Gasteiger charge is -2.10. The summed E-state index contributed by atoms with van der Waals surface area (Å²) in [7, 11) is 0. The van der Waals surface area contributed by atoms with Crippen molar-refractivity contribution in [3.63, 3.8) is 0 Å². The molecular weight excluding hydrogens is 254 g/mol. The van der Waals surface area contributed by atoms with Gasteiger partial charge in [-0.15, -0.1) is 0 Å². The number of nitrogens with two attached hydrogens (primary N) is 2. The molecule has 20 heavy (non-hydrogen) atoms. The fraction of sp³-hybridized carbons (Fsp3) is 0.400. The average molecular weight is 275 g/mol. The molecule has 0 aliphatic rings. The van der Waals surface area contributed by atoms with Gasteiger partial charge in [-0.05, 0) is 37.9 Å². The Morgan fingerprint density at radius 2 is 1.95 bits per heavy atom. The molecule has 1 heterocycles. The second kappa shape index (κ2) is 5.64. The molecule has 0 amide bonds. The molecule has 1 aromatic carbocycles. The predicted molar refractivity (Wildman–Crippen MR) is 80.2 cm³/mol. The maximum atomic E-state index is 11.6. The van der Waals surface area contributed by atoms with Crippen LogP contribution in [0, 0.1) is 13.8 Å². The molecule has 108 valence electrons. The van der Waals surface area contributed by atoms with Gasteiger partial charge in [-0.2, -0.15) is 0 Å². The third kappa shape index (κ3) is 2.19. The highest BCUT2D eigenvalue weighted by Crippen LogP contribution is 2.30. The summed E-state index contributed by atoms with van der Waals surface area (Å²) < 4.78 is 2.01. The minimum Gasteiger partial charge on any atom is -0.478 e. The monoisotopic (exact) mass is 275 g/mol. The van der Waals surface area contributed by atoms with Gasteiger partial charge in [0.1, 0.15) is 0 Å². The Balaban J connectivity index is 2.89. The molecule has 0 aliphatic heterocycles. The van der Waals surface area contributed by atoms with Crippen molar-refractivity contribution in [1.29, 1.82) is 0 Å². The molecule has 2 rings (SSSR count). The Bertz CT molecular complexity index is 659. The maximum Gasteiger partial charge on any atom is 0.338 e. The first-order valence-electron chi connectivity index (χ1n) is 6.77. The Morgan fingerprint density at radius 3 is 2.50 bits per heavy atom. The number of nitrogens with zero attached hydrogens (tertiary/aromatic N) is 1. The van der Waals surface area contributed by atoms with E-state index in [1.54, 1.807) is 0 Å². The Labute approximate surface area is 118 Å². The molecule has 0 spiro atoms. The highest BCUT2D eigenvalue weighted by molar-refractivity contribution is 6.05. The van der Waals surface area contributed by atoms with Crippen LogP contribution in [0.2, 0.25) is 0 Å². The van der Waals surface area contributed by atoms with Crippen LogP contribution >= 0.6 is 0 Å². The van der Waals surface area contributed by atoms with Crippen LogP contribution in [-0.2, 0) is 13.0 Å². The summed E-state index contributed by atoms with van der Waals surface area (Å²) >= 11 is 0. The van der Waals surface area contributed by atoms with Crippen molar-refractivity contribution in [2.75, 3.05) is 13.1 Å². The Hall–Kier alpha value is -1.85. The molecular formula is C15H21N3O2. The van der Waals surface area contributed by atoms with Crippen LogP contribution in [0.4, 0.5) is 0 Å². The summed E-state index contributed by atoms with van der Waals surface area (Å²) in [4.78, 5) is 11.6. The summed E-state index contributed by atoms with van der Waals surface area (Å²) in [6.07, 6.45) is 0.738. The van der Waals surface area contributed by atoms with E-state index < -0.39 is 5.97 Å². The van der Waals surface area contributed by atoms with Crippen molar-refractivity contribution in [2.24, 2.45) is 11.5 Å². The summed E-state index contributed by atoms with van der Waals surface area (Å²) in [6.45, 7) is 5.44. The molecule has 5 N–H and O–H groups in total. The largest absolute Gasteiger partial charge is 0.478 e. The quantitative estimate of drug-likeness (QED) is 0.769. The topological polar surface area (TPSA) is 94.3 Å². The number of benzene rings is 1. The molecule has 0 atom stereocenters. The van der Waals surface area contributed by atoms with Gasteiger partial charge in [-0.3, -0.25) is 0 Å². The van der Waals surface area contributed by atoms with Crippen LogP contribution in [-0.4, -0.2) is 28.7 Å². The van der Waals surface area contributed by atoms with E-state index in [1.165, 1.54) is 0 Å². The minimum absolute atomic E-state index is 0.363. The number of carboxylic acids is 1. The van der Waals surface area contributed by atoms with E-state index in [0.717, 1.165) is 34.1 Å². The van der Waals surface area contributed by atoms with Crippen molar-refractivity contribution in [3.05, 3.63) is 34.5 Å². The number of aromatic carboxylic acids is 1. The fourth-order valence-electron chi connectivity index (χ4n) is 2.88. The molecule has 0 fully saturated rings. The number of hydrogen-bond acceptors (Lipinski definition) is 3. The third-order valence-corrected chi connectivity index (χ3v) is 3.78. The van der Waals surface area contributed by atoms with Gasteiger partial charge in [0.2, 0.25) is 0 Å². The number of aromatic nitrogens is 1. The molecule has 0 radical (unpaired) electrons. The second-order valence-corrected chi connectivity index (χ2v) is 5.00. The number of hydrogen-bond donors (Lipinski definition) is 3. The van der Waals surface area contributed by atoms with Gasteiger partial charge < -0.3 is 21.1 Å². The molecule has 0 unspecified atom stereocenters. The smallest absolute Gasteiger partial charge is 0.338 e. The normalized spacial score (nSPS) is 11.2. The molecule has 0 saturated heterocycles. The first-order valence-corrected chi connectivity index (χ1v) is 6.77. The van der Waals surface area contributed by atoms with E-state index in [-0.39, 0.29) is 0 Å². The Morgan fingerprint density at radius 1 is 1.25 bits per heavy atom. The molecule has 5 heteroatoms. The number of rotatable bonds is 5. The first kappa shape index (κ1) is 14.6. The van der Waals surface area contributed by atoms with Crippen LogP contribution in [0.25, 0.3) is 10.9 Å². The number of fused-ring (bicyclic) bond motifs is 1. The van der Waals surface area contributed by atoms with E-state index in [9.17, 15) is 9.90 Å². The number of aryl methyl sites for hydroxylation is 1. The summed E-state index contributed by atoms with van der Waals surface area (Å²) in [6, 6.07) is 3.85. The zero-order valence-electron chi connectivity index (χ0n) is 11.9. The van der Waals surface area contributed by atoms with E-state index in [2.05, 4.69) is 0 Å². The lowest BCUT2D eigenvalue weighted by Crippen LogP contribution is -2.13. The maximum absolute atomic E-state index is 11.6. The standard InChI is InChI=1S/C15H21N3O2/c1-9-3-4-12-11(5-6-16)10(2)18(8-7-17)14(12)13(9)15(19)20/h3-4H,5-8,16-17H2,1-2H3,(H,19,20). The summed E-state index contributed by atoms with van der Waals surface area (Å²) in [5.74, 6) is -0.900. The predicted octanol–water partition coefficient (Wildman–Crippen LogP) is 1.42. The number of carbonyl (C=O) groups is 1. The second-order valence-electron chi connectivity index (χ2n) is 5.00. The van der Waals surface area contributed by atoms with Crippen molar-refractivity contribution >= 4 is 16.9 Å². The SMILES string of the molecule is Cc1ccc2c(CCN)c(C)n(CCN)c2c1C(=O)O. The van der Waals surface area contributed by atoms with E-state index in [4.69, 9.17) is 11.5 Å². The first-order chi connectivity index (χ1) is 9.52. The van der Waals surface area contributed by atoms with E-state index >= 15 is 0 Å². The number of carboxylic acid groups (broad SMARTS) is 1. The van der Waals surface area contributed by atoms with Gasteiger partial charge in [0.25, 0.3) is 0 Å². The fourth-order valence-corrected chi connectivity index (χ4v) is 2.88. The van der Waals surface area contributed by atoms with Gasteiger partial charge in [0.15, 0.2) is 0 Å². The van der Waals surface area contributed by atoms with Gasteiger partial charge >= 0.3 is 5.97 Å². The van der Waals surface area contributed by atoms with Crippen molar-refractivity contribution in [1.82, 2.24) is 4.57 Å². The van der Waals surface area contributed by atoms with Crippen LogP contribution in [0.3, 0.4) is 0 Å². The van der Waals surface area contributed by atoms with E-state index in [1.807, 2.05) is 30.5 Å².